The largest absolute Gasteiger partial charge is 0.355 e. The molecule has 0 radical (unpaired) electrons. The summed E-state index contributed by atoms with van der Waals surface area (Å²) in [5, 5.41) is 8.70. The number of nitrogens with zero attached hydrogens (tertiary/aromatic N) is 3. The summed E-state index contributed by atoms with van der Waals surface area (Å²) in [6.07, 6.45) is 3.42. The molecule has 1 aromatic carbocycles. The van der Waals surface area contributed by atoms with Gasteiger partial charge in [-0.1, -0.05) is 23.4 Å². The number of carbonyl (C=O) groups excluding carboxylic acids is 1. The molecule has 6 nitrogen and oxygen atoms in total. The lowest BCUT2D eigenvalue weighted by Gasteiger charge is -2.18. The zero-order valence-corrected chi connectivity index (χ0v) is 15.1. The molecule has 1 N–H and O–H groups in total. The molecule has 0 saturated heterocycles. The van der Waals surface area contributed by atoms with E-state index in [0.717, 1.165) is 4.88 Å². The lowest BCUT2D eigenvalue weighted by molar-refractivity contribution is 0.0932. The van der Waals surface area contributed by atoms with E-state index < -0.39 is 11.9 Å². The van der Waals surface area contributed by atoms with Crippen LogP contribution in [0.5, 0.6) is 0 Å². The topological polar surface area (TPSA) is 73.0 Å². The highest BCUT2D eigenvalue weighted by Crippen LogP contribution is 2.26. The van der Waals surface area contributed by atoms with E-state index >= 15 is 0 Å². The predicted octanol–water partition coefficient (Wildman–Crippen LogP) is 3.80. The van der Waals surface area contributed by atoms with Gasteiger partial charge in [0.05, 0.1) is 4.88 Å². The monoisotopic (exact) mass is 382 g/mol. The number of thiophene rings is 1. The first-order chi connectivity index (χ1) is 13.1. The molecule has 1 atom stereocenters. The third-order valence-electron chi connectivity index (χ3n) is 4.10. The van der Waals surface area contributed by atoms with Crippen LogP contribution in [-0.2, 0) is 7.05 Å². The van der Waals surface area contributed by atoms with Crippen molar-refractivity contribution in [2.45, 2.75) is 6.04 Å². The maximum Gasteiger partial charge on any atom is 0.274 e. The lowest BCUT2D eigenvalue weighted by Crippen LogP contribution is -2.31. The maximum absolute atomic E-state index is 13.3. The highest BCUT2D eigenvalue weighted by Gasteiger charge is 2.23. The second kappa shape index (κ2) is 7.16. The molecule has 3 aromatic heterocycles. The van der Waals surface area contributed by atoms with Crippen molar-refractivity contribution in [3.05, 3.63) is 83.1 Å². The summed E-state index contributed by atoms with van der Waals surface area (Å²) >= 11 is 1.50. The quantitative estimate of drug-likeness (QED) is 0.570. The van der Waals surface area contributed by atoms with Crippen LogP contribution < -0.4 is 5.32 Å². The van der Waals surface area contributed by atoms with Gasteiger partial charge in [0.15, 0.2) is 11.5 Å². The number of aryl methyl sites for hydroxylation is 1. The number of rotatable bonds is 5. The Bertz CT molecular complexity index is 1050. The van der Waals surface area contributed by atoms with E-state index in [4.69, 9.17) is 4.52 Å². The van der Waals surface area contributed by atoms with Crippen molar-refractivity contribution in [1.29, 1.82) is 0 Å². The Labute approximate surface area is 158 Å². The summed E-state index contributed by atoms with van der Waals surface area (Å²) in [6, 6.07) is 10.8. The molecular weight excluding hydrogens is 367 g/mol. The fourth-order valence-electron chi connectivity index (χ4n) is 2.73. The average molecular weight is 382 g/mol. The zero-order chi connectivity index (χ0) is 18.8. The fourth-order valence-corrected chi connectivity index (χ4v) is 3.40. The Kier molecular flexibility index (Phi) is 4.55. The van der Waals surface area contributed by atoms with E-state index in [1.54, 1.807) is 35.2 Å². The van der Waals surface area contributed by atoms with Crippen molar-refractivity contribution in [3.63, 3.8) is 0 Å². The van der Waals surface area contributed by atoms with Gasteiger partial charge in [-0.25, -0.2) is 9.37 Å². The van der Waals surface area contributed by atoms with Crippen molar-refractivity contribution < 1.29 is 13.7 Å². The Balaban J connectivity index is 1.62. The van der Waals surface area contributed by atoms with E-state index in [-0.39, 0.29) is 11.5 Å². The van der Waals surface area contributed by atoms with Crippen LogP contribution in [0.4, 0.5) is 4.39 Å². The second-order valence-corrected chi connectivity index (χ2v) is 6.86. The Morgan fingerprint density at radius 3 is 2.78 bits per heavy atom. The number of aromatic nitrogens is 3. The lowest BCUT2D eigenvalue weighted by atomic mass is 10.1. The van der Waals surface area contributed by atoms with Gasteiger partial charge < -0.3 is 14.4 Å². The molecule has 27 heavy (non-hydrogen) atoms. The van der Waals surface area contributed by atoms with Crippen molar-refractivity contribution in [2.75, 3.05) is 0 Å². The van der Waals surface area contributed by atoms with Gasteiger partial charge in [-0.2, -0.15) is 0 Å². The molecule has 0 spiro atoms. The minimum absolute atomic E-state index is 0.166. The number of hydrogen-bond donors (Lipinski definition) is 1. The van der Waals surface area contributed by atoms with Crippen LogP contribution >= 0.6 is 11.3 Å². The van der Waals surface area contributed by atoms with Gasteiger partial charge in [-0.05, 0) is 29.1 Å². The molecule has 0 aliphatic rings. The summed E-state index contributed by atoms with van der Waals surface area (Å²) in [6.45, 7) is 0. The van der Waals surface area contributed by atoms with Crippen molar-refractivity contribution in [2.24, 2.45) is 7.05 Å². The van der Waals surface area contributed by atoms with Crippen molar-refractivity contribution in [3.8, 4) is 10.6 Å². The minimum Gasteiger partial charge on any atom is -0.355 e. The summed E-state index contributed by atoms with van der Waals surface area (Å²) in [5.74, 6) is 0.405. The minimum atomic E-state index is -0.556. The SMILES string of the molecule is Cn1ccnc1C(NC(=O)c1cc(-c2cccs2)on1)c1ccc(F)cc1. The van der Waals surface area contributed by atoms with Gasteiger partial charge in [0, 0.05) is 25.5 Å². The molecule has 0 bridgehead atoms. The van der Waals surface area contributed by atoms with Gasteiger partial charge in [-0.15, -0.1) is 11.3 Å². The summed E-state index contributed by atoms with van der Waals surface area (Å²) < 4.78 is 20.4. The molecule has 1 unspecified atom stereocenters. The standard InChI is InChI=1S/C19H15FN4O2S/c1-24-9-8-21-18(24)17(12-4-6-13(20)7-5-12)22-19(25)14-11-15(26-23-14)16-3-2-10-27-16/h2-11,17H,1H3,(H,22,25). The number of hydrogen-bond acceptors (Lipinski definition) is 5. The molecular formula is C19H15FN4O2S. The first kappa shape index (κ1) is 17.2. The molecule has 3 heterocycles. The molecule has 1 amide bonds. The second-order valence-electron chi connectivity index (χ2n) is 5.91. The number of carbonyl (C=O) groups is 1. The number of halogens is 1. The number of benzene rings is 1. The molecule has 0 aliphatic carbocycles. The summed E-state index contributed by atoms with van der Waals surface area (Å²) in [7, 11) is 1.83. The van der Waals surface area contributed by atoms with Crippen LogP contribution in [0.25, 0.3) is 10.6 Å². The van der Waals surface area contributed by atoms with Gasteiger partial charge in [0.1, 0.15) is 17.7 Å². The van der Waals surface area contributed by atoms with E-state index in [1.165, 1.54) is 23.5 Å². The molecule has 0 saturated carbocycles. The normalized spacial score (nSPS) is 12.1. The van der Waals surface area contributed by atoms with E-state index in [0.29, 0.717) is 17.1 Å². The Morgan fingerprint density at radius 2 is 2.11 bits per heavy atom. The van der Waals surface area contributed by atoms with Gasteiger partial charge >= 0.3 is 0 Å². The van der Waals surface area contributed by atoms with Crippen LogP contribution in [0, 0.1) is 5.82 Å². The number of nitrogens with one attached hydrogen (secondary N) is 1. The number of imidazole rings is 1. The third kappa shape index (κ3) is 3.52. The number of amides is 1. The average Bonchev–Trinajstić information content (AvgIpc) is 3.41. The summed E-state index contributed by atoms with van der Waals surface area (Å²) in [5.41, 5.74) is 0.876. The molecule has 4 rings (SSSR count). The van der Waals surface area contributed by atoms with Crippen LogP contribution in [0.3, 0.4) is 0 Å². The highest BCUT2D eigenvalue weighted by molar-refractivity contribution is 7.13. The molecule has 8 heteroatoms. The van der Waals surface area contributed by atoms with Gasteiger partial charge in [0.2, 0.25) is 0 Å². The van der Waals surface area contributed by atoms with E-state index in [2.05, 4.69) is 15.5 Å². The van der Waals surface area contributed by atoms with Crippen molar-refractivity contribution >= 4 is 17.2 Å². The van der Waals surface area contributed by atoms with Gasteiger partial charge in [-0.3, -0.25) is 4.79 Å². The molecule has 0 fully saturated rings. The Morgan fingerprint density at radius 1 is 1.30 bits per heavy atom. The van der Waals surface area contributed by atoms with Crippen molar-refractivity contribution in [1.82, 2.24) is 20.0 Å². The van der Waals surface area contributed by atoms with Crippen LogP contribution in [0.15, 0.2) is 64.8 Å². The fraction of sp³-hybridized carbons (Fsp3) is 0.105. The smallest absolute Gasteiger partial charge is 0.274 e. The van der Waals surface area contributed by atoms with Crippen LogP contribution in [0.1, 0.15) is 27.9 Å². The Hall–Kier alpha value is -3.26. The third-order valence-corrected chi connectivity index (χ3v) is 4.99. The molecule has 136 valence electrons. The summed E-state index contributed by atoms with van der Waals surface area (Å²) in [4.78, 5) is 18.0. The predicted molar refractivity (Wildman–Crippen MR) is 98.7 cm³/mol. The van der Waals surface area contributed by atoms with E-state index in [1.807, 2.05) is 24.6 Å². The van der Waals surface area contributed by atoms with Crippen LogP contribution in [0.2, 0.25) is 0 Å². The van der Waals surface area contributed by atoms with Crippen LogP contribution in [-0.4, -0.2) is 20.6 Å². The zero-order valence-electron chi connectivity index (χ0n) is 14.3. The first-order valence-electron chi connectivity index (χ1n) is 8.16. The molecule has 4 aromatic rings. The molecule has 0 aliphatic heterocycles. The van der Waals surface area contributed by atoms with E-state index in [9.17, 15) is 9.18 Å². The highest BCUT2D eigenvalue weighted by atomic mass is 32.1. The first-order valence-corrected chi connectivity index (χ1v) is 9.04. The maximum atomic E-state index is 13.3. The van der Waals surface area contributed by atoms with Gasteiger partial charge in [0.25, 0.3) is 5.91 Å².